The first kappa shape index (κ1) is 12.4. The Kier molecular flexibility index (Phi) is 4.06. The molecular formula is C15H24N2. The molecule has 2 nitrogen and oxygen atoms in total. The third-order valence-corrected chi connectivity index (χ3v) is 3.53. The zero-order valence-electron chi connectivity index (χ0n) is 11.3. The molecule has 0 saturated heterocycles. The van der Waals surface area contributed by atoms with E-state index in [-0.39, 0.29) is 0 Å². The lowest BCUT2D eigenvalue weighted by atomic mass is 9.98. The molecule has 0 radical (unpaired) electrons. The van der Waals surface area contributed by atoms with E-state index in [0.29, 0.717) is 5.92 Å². The van der Waals surface area contributed by atoms with Gasteiger partial charge in [-0.25, -0.2) is 0 Å². The highest BCUT2D eigenvalue weighted by Gasteiger charge is 2.18. The molecule has 0 aliphatic carbocycles. The van der Waals surface area contributed by atoms with Crippen LogP contribution in [-0.2, 0) is 6.42 Å². The molecule has 0 spiro atoms. The zero-order valence-corrected chi connectivity index (χ0v) is 11.3. The molecule has 1 aromatic rings. The molecule has 1 unspecified atom stereocenters. The van der Waals surface area contributed by atoms with Gasteiger partial charge >= 0.3 is 0 Å². The Balaban J connectivity index is 2.11. The van der Waals surface area contributed by atoms with Crippen LogP contribution >= 0.6 is 0 Å². The van der Waals surface area contributed by atoms with E-state index in [4.69, 9.17) is 0 Å². The van der Waals surface area contributed by atoms with E-state index in [1.807, 2.05) is 7.05 Å². The van der Waals surface area contributed by atoms with Gasteiger partial charge in [-0.15, -0.1) is 0 Å². The van der Waals surface area contributed by atoms with Crippen LogP contribution in [0.25, 0.3) is 0 Å². The molecule has 1 heterocycles. The highest BCUT2D eigenvalue weighted by molar-refractivity contribution is 5.56. The number of hydrogen-bond donors (Lipinski definition) is 1. The van der Waals surface area contributed by atoms with Crippen molar-refractivity contribution in [2.45, 2.75) is 26.7 Å². The van der Waals surface area contributed by atoms with Gasteiger partial charge in [0.15, 0.2) is 0 Å². The maximum Gasteiger partial charge on any atom is 0.0399 e. The summed E-state index contributed by atoms with van der Waals surface area (Å²) in [6, 6.07) is 6.89. The van der Waals surface area contributed by atoms with Gasteiger partial charge in [0.05, 0.1) is 0 Å². The molecule has 0 amide bonds. The van der Waals surface area contributed by atoms with Gasteiger partial charge in [0.25, 0.3) is 0 Å². The van der Waals surface area contributed by atoms with Crippen LogP contribution in [0.15, 0.2) is 18.2 Å². The number of hydrogen-bond acceptors (Lipinski definition) is 2. The summed E-state index contributed by atoms with van der Waals surface area (Å²) in [5.74, 6) is 0.701. The van der Waals surface area contributed by atoms with Crippen LogP contribution in [0.1, 0.15) is 24.5 Å². The quantitative estimate of drug-likeness (QED) is 0.858. The van der Waals surface area contributed by atoms with Gasteiger partial charge in [0, 0.05) is 18.8 Å². The topological polar surface area (TPSA) is 15.3 Å². The number of nitrogens with one attached hydrogen (secondary N) is 1. The molecule has 2 heteroatoms. The lowest BCUT2D eigenvalue weighted by Gasteiger charge is -2.33. The van der Waals surface area contributed by atoms with Gasteiger partial charge in [-0.2, -0.15) is 0 Å². The van der Waals surface area contributed by atoms with E-state index in [2.05, 4.69) is 42.3 Å². The predicted molar refractivity (Wildman–Crippen MR) is 74.8 cm³/mol. The number of benzene rings is 1. The fraction of sp³-hybridized carbons (Fsp3) is 0.600. The highest BCUT2D eigenvalue weighted by Crippen LogP contribution is 2.28. The van der Waals surface area contributed by atoms with Gasteiger partial charge in [0.1, 0.15) is 0 Å². The maximum atomic E-state index is 3.26. The maximum absolute atomic E-state index is 3.26. The largest absolute Gasteiger partial charge is 0.371 e. The van der Waals surface area contributed by atoms with Crippen LogP contribution in [0.4, 0.5) is 5.69 Å². The molecule has 0 saturated carbocycles. The van der Waals surface area contributed by atoms with Crippen molar-refractivity contribution in [2.75, 3.05) is 31.6 Å². The van der Waals surface area contributed by atoms with Crippen molar-refractivity contribution < 1.29 is 0 Å². The predicted octanol–water partition coefficient (Wildman–Crippen LogP) is 2.60. The summed E-state index contributed by atoms with van der Waals surface area (Å²) in [4.78, 5) is 2.56. The minimum absolute atomic E-state index is 0.701. The van der Waals surface area contributed by atoms with Crippen molar-refractivity contribution in [1.82, 2.24) is 5.32 Å². The zero-order chi connectivity index (χ0) is 12.3. The summed E-state index contributed by atoms with van der Waals surface area (Å²) in [6.07, 6.45) is 2.54. The smallest absolute Gasteiger partial charge is 0.0399 e. The number of fused-ring (bicyclic) bond motifs is 1. The number of nitrogens with zero attached hydrogens (tertiary/aromatic N) is 1. The highest BCUT2D eigenvalue weighted by atomic mass is 15.1. The van der Waals surface area contributed by atoms with Gasteiger partial charge in [-0.3, -0.25) is 0 Å². The molecule has 17 heavy (non-hydrogen) atoms. The first-order valence-electron chi connectivity index (χ1n) is 6.70. The van der Waals surface area contributed by atoms with Crippen molar-refractivity contribution in [3.05, 3.63) is 29.3 Å². The van der Waals surface area contributed by atoms with E-state index in [0.717, 1.165) is 13.1 Å². The van der Waals surface area contributed by atoms with E-state index in [1.165, 1.54) is 36.2 Å². The van der Waals surface area contributed by atoms with Crippen molar-refractivity contribution in [1.29, 1.82) is 0 Å². The lowest BCUT2D eigenvalue weighted by Crippen LogP contribution is -2.36. The van der Waals surface area contributed by atoms with Crippen molar-refractivity contribution >= 4 is 5.69 Å². The second kappa shape index (κ2) is 5.54. The second-order valence-electron chi connectivity index (χ2n) is 5.34. The van der Waals surface area contributed by atoms with Gasteiger partial charge in [-0.1, -0.05) is 24.6 Å². The molecular weight excluding hydrogens is 208 g/mol. The SMILES string of the molecule is CNCC(C)CN1CCCc2cc(C)ccc21. The Morgan fingerprint density at radius 3 is 3.00 bits per heavy atom. The second-order valence-corrected chi connectivity index (χ2v) is 5.34. The van der Waals surface area contributed by atoms with Crippen LogP contribution in [0.3, 0.4) is 0 Å². The summed E-state index contributed by atoms with van der Waals surface area (Å²) in [5.41, 5.74) is 4.38. The van der Waals surface area contributed by atoms with Crippen LogP contribution in [0, 0.1) is 12.8 Å². The minimum Gasteiger partial charge on any atom is -0.371 e. The molecule has 0 fully saturated rings. The average molecular weight is 232 g/mol. The molecule has 1 N–H and O–H groups in total. The summed E-state index contributed by atoms with van der Waals surface area (Å²) >= 11 is 0. The van der Waals surface area contributed by atoms with E-state index < -0.39 is 0 Å². The molecule has 1 aromatic carbocycles. The lowest BCUT2D eigenvalue weighted by molar-refractivity contribution is 0.518. The first-order chi connectivity index (χ1) is 8.20. The van der Waals surface area contributed by atoms with Crippen molar-refractivity contribution in [3.8, 4) is 0 Å². The standard InChI is InChI=1S/C15H24N2/c1-12-6-7-15-14(9-12)5-4-8-17(15)11-13(2)10-16-3/h6-7,9,13,16H,4-5,8,10-11H2,1-3H3. The Bertz CT molecular complexity index is 373. The monoisotopic (exact) mass is 232 g/mol. The fourth-order valence-corrected chi connectivity index (χ4v) is 2.78. The van der Waals surface area contributed by atoms with Gasteiger partial charge in [-0.05, 0) is 50.9 Å². The minimum atomic E-state index is 0.701. The van der Waals surface area contributed by atoms with Crippen LogP contribution in [0.5, 0.6) is 0 Å². The number of anilines is 1. The molecule has 0 bridgehead atoms. The Labute approximate surface area is 105 Å². The van der Waals surface area contributed by atoms with E-state index in [1.54, 1.807) is 0 Å². The van der Waals surface area contributed by atoms with Crippen LogP contribution < -0.4 is 10.2 Å². The summed E-state index contributed by atoms with van der Waals surface area (Å²) in [5, 5.41) is 3.26. The Morgan fingerprint density at radius 1 is 1.41 bits per heavy atom. The number of aryl methyl sites for hydroxylation is 2. The summed E-state index contributed by atoms with van der Waals surface area (Å²) < 4.78 is 0. The van der Waals surface area contributed by atoms with Crippen molar-refractivity contribution in [2.24, 2.45) is 5.92 Å². The van der Waals surface area contributed by atoms with Gasteiger partial charge < -0.3 is 10.2 Å². The molecule has 0 aromatic heterocycles. The fourth-order valence-electron chi connectivity index (χ4n) is 2.78. The third-order valence-electron chi connectivity index (χ3n) is 3.53. The summed E-state index contributed by atoms with van der Waals surface area (Å²) in [7, 11) is 2.03. The third kappa shape index (κ3) is 3.01. The van der Waals surface area contributed by atoms with Crippen LogP contribution in [0.2, 0.25) is 0 Å². The van der Waals surface area contributed by atoms with Crippen molar-refractivity contribution in [3.63, 3.8) is 0 Å². The Hall–Kier alpha value is -1.02. The van der Waals surface area contributed by atoms with Gasteiger partial charge in [0.2, 0.25) is 0 Å². The first-order valence-corrected chi connectivity index (χ1v) is 6.70. The normalized spacial score (nSPS) is 16.8. The van der Waals surface area contributed by atoms with E-state index >= 15 is 0 Å². The molecule has 1 aliphatic rings. The molecule has 2 rings (SSSR count). The molecule has 1 atom stereocenters. The molecule has 94 valence electrons. The van der Waals surface area contributed by atoms with Crippen LogP contribution in [-0.4, -0.2) is 26.7 Å². The number of rotatable bonds is 4. The molecule has 1 aliphatic heterocycles. The average Bonchev–Trinajstić information content (AvgIpc) is 2.29. The van der Waals surface area contributed by atoms with E-state index in [9.17, 15) is 0 Å². The summed E-state index contributed by atoms with van der Waals surface area (Å²) in [6.45, 7) is 7.97. The Morgan fingerprint density at radius 2 is 2.24 bits per heavy atom.